The first kappa shape index (κ1) is 13.4. The van der Waals surface area contributed by atoms with Gasteiger partial charge >= 0.3 is 0 Å². The van der Waals surface area contributed by atoms with Crippen LogP contribution in [0.4, 0.5) is 5.95 Å². The highest BCUT2D eigenvalue weighted by molar-refractivity contribution is 5.25. The molecule has 2 heterocycles. The Morgan fingerprint density at radius 1 is 1.56 bits per heavy atom. The van der Waals surface area contributed by atoms with Gasteiger partial charge in [-0.2, -0.15) is 0 Å². The van der Waals surface area contributed by atoms with E-state index in [-0.39, 0.29) is 0 Å². The average Bonchev–Trinajstić information content (AvgIpc) is 2.81. The van der Waals surface area contributed by atoms with Gasteiger partial charge in [-0.3, -0.25) is 0 Å². The van der Waals surface area contributed by atoms with Crippen molar-refractivity contribution < 1.29 is 4.74 Å². The van der Waals surface area contributed by atoms with Crippen LogP contribution >= 0.6 is 0 Å². The largest absolute Gasteiger partial charge is 0.383 e. The summed E-state index contributed by atoms with van der Waals surface area (Å²) in [5.41, 5.74) is 0. The van der Waals surface area contributed by atoms with E-state index in [1.807, 2.05) is 12.4 Å². The Morgan fingerprint density at radius 2 is 2.44 bits per heavy atom. The van der Waals surface area contributed by atoms with Gasteiger partial charge in [0.2, 0.25) is 5.95 Å². The first-order valence-electron chi connectivity index (χ1n) is 6.72. The molecule has 0 spiro atoms. The Hall–Kier alpha value is -1.07. The zero-order valence-corrected chi connectivity index (χ0v) is 11.4. The number of likely N-dealkylation sites (tertiary alicyclic amines) is 1. The van der Waals surface area contributed by atoms with Crippen LogP contribution in [0.5, 0.6) is 0 Å². The molecule has 5 heteroatoms. The maximum absolute atomic E-state index is 5.10. The smallest absolute Gasteiger partial charge is 0.202 e. The highest BCUT2D eigenvalue weighted by Gasteiger charge is 2.17. The third-order valence-corrected chi connectivity index (χ3v) is 3.52. The molecule has 1 aromatic rings. The molecule has 0 bridgehead atoms. The molecule has 1 aliphatic heterocycles. The van der Waals surface area contributed by atoms with E-state index in [0.717, 1.165) is 31.6 Å². The summed E-state index contributed by atoms with van der Waals surface area (Å²) in [4.78, 5) is 6.77. The van der Waals surface area contributed by atoms with E-state index in [1.54, 1.807) is 7.11 Å². The van der Waals surface area contributed by atoms with E-state index >= 15 is 0 Å². The maximum Gasteiger partial charge on any atom is 0.202 e. The van der Waals surface area contributed by atoms with Crippen molar-refractivity contribution >= 4 is 5.95 Å². The molecule has 1 fully saturated rings. The third kappa shape index (κ3) is 3.71. The molecule has 0 amide bonds. The Morgan fingerprint density at radius 3 is 3.22 bits per heavy atom. The molecule has 102 valence electrons. The first-order valence-corrected chi connectivity index (χ1v) is 6.72. The third-order valence-electron chi connectivity index (χ3n) is 3.52. The molecule has 1 aliphatic rings. The predicted molar refractivity (Wildman–Crippen MR) is 72.8 cm³/mol. The molecule has 1 unspecified atom stereocenters. The van der Waals surface area contributed by atoms with Crippen LogP contribution in [0.1, 0.15) is 12.8 Å². The van der Waals surface area contributed by atoms with Gasteiger partial charge in [0.15, 0.2) is 0 Å². The highest BCUT2D eigenvalue weighted by atomic mass is 16.5. The normalized spacial score (nSPS) is 21.1. The molecular weight excluding hydrogens is 228 g/mol. The molecule has 0 radical (unpaired) electrons. The Labute approximate surface area is 109 Å². The van der Waals surface area contributed by atoms with E-state index < -0.39 is 0 Å². The van der Waals surface area contributed by atoms with Crippen molar-refractivity contribution in [1.82, 2.24) is 14.5 Å². The van der Waals surface area contributed by atoms with Crippen molar-refractivity contribution in [2.45, 2.75) is 19.4 Å². The maximum atomic E-state index is 5.10. The molecule has 0 saturated carbocycles. The van der Waals surface area contributed by atoms with Gasteiger partial charge in [0.1, 0.15) is 0 Å². The lowest BCUT2D eigenvalue weighted by molar-refractivity contribution is 0.187. The summed E-state index contributed by atoms with van der Waals surface area (Å²) in [5.74, 6) is 1.69. The molecule has 1 atom stereocenters. The fourth-order valence-corrected chi connectivity index (χ4v) is 2.52. The number of methoxy groups -OCH3 is 1. The van der Waals surface area contributed by atoms with Crippen LogP contribution < -0.4 is 5.32 Å². The van der Waals surface area contributed by atoms with E-state index in [4.69, 9.17) is 4.74 Å². The van der Waals surface area contributed by atoms with Gasteiger partial charge in [0, 0.05) is 39.1 Å². The minimum absolute atomic E-state index is 0.719. The number of imidazole rings is 1. The van der Waals surface area contributed by atoms with Gasteiger partial charge in [-0.1, -0.05) is 0 Å². The van der Waals surface area contributed by atoms with Crippen LogP contribution in [-0.2, 0) is 11.3 Å². The zero-order chi connectivity index (χ0) is 12.8. The van der Waals surface area contributed by atoms with Crippen LogP contribution in [0.3, 0.4) is 0 Å². The summed E-state index contributed by atoms with van der Waals surface area (Å²) in [6, 6.07) is 0. The molecule has 1 aromatic heterocycles. The quantitative estimate of drug-likeness (QED) is 0.828. The number of hydrogen-bond donors (Lipinski definition) is 1. The van der Waals surface area contributed by atoms with E-state index in [9.17, 15) is 0 Å². The lowest BCUT2D eigenvalue weighted by Gasteiger charge is -2.29. The standard InChI is InChI=1S/C13H24N4O/c1-16-6-3-4-12(11-16)10-15-13-14-5-7-17(13)8-9-18-2/h5,7,12H,3-4,6,8-11H2,1-2H3,(H,14,15). The highest BCUT2D eigenvalue weighted by Crippen LogP contribution is 2.15. The summed E-state index contributed by atoms with van der Waals surface area (Å²) < 4.78 is 7.20. The van der Waals surface area contributed by atoms with Crippen LogP contribution in [-0.4, -0.2) is 54.8 Å². The van der Waals surface area contributed by atoms with Crippen LogP contribution in [0, 0.1) is 5.92 Å². The fourth-order valence-electron chi connectivity index (χ4n) is 2.52. The average molecular weight is 252 g/mol. The molecule has 2 rings (SSSR count). The number of hydrogen-bond acceptors (Lipinski definition) is 4. The Balaban J connectivity index is 1.80. The second-order valence-corrected chi connectivity index (χ2v) is 5.09. The minimum atomic E-state index is 0.719. The summed E-state index contributed by atoms with van der Waals surface area (Å²) in [7, 11) is 3.92. The fraction of sp³-hybridized carbons (Fsp3) is 0.769. The minimum Gasteiger partial charge on any atom is -0.383 e. The summed E-state index contributed by atoms with van der Waals surface area (Å²) in [6.45, 7) is 5.00. The number of aromatic nitrogens is 2. The molecule has 1 N–H and O–H groups in total. The van der Waals surface area contributed by atoms with Gasteiger partial charge in [-0.25, -0.2) is 4.98 Å². The SMILES string of the molecule is COCCn1ccnc1NCC1CCCN(C)C1. The summed E-state index contributed by atoms with van der Waals surface area (Å²) in [5, 5.41) is 3.46. The second-order valence-electron chi connectivity index (χ2n) is 5.09. The van der Waals surface area contributed by atoms with Gasteiger partial charge in [-0.05, 0) is 32.4 Å². The number of nitrogens with one attached hydrogen (secondary N) is 1. The number of rotatable bonds is 6. The van der Waals surface area contributed by atoms with Crippen molar-refractivity contribution in [2.75, 3.05) is 45.7 Å². The molecule has 18 heavy (non-hydrogen) atoms. The predicted octanol–water partition coefficient (Wildman–Crippen LogP) is 1.28. The van der Waals surface area contributed by atoms with Crippen molar-refractivity contribution in [2.24, 2.45) is 5.92 Å². The van der Waals surface area contributed by atoms with Gasteiger partial charge in [-0.15, -0.1) is 0 Å². The zero-order valence-electron chi connectivity index (χ0n) is 11.4. The van der Waals surface area contributed by atoms with Gasteiger partial charge in [0.25, 0.3) is 0 Å². The number of nitrogens with zero attached hydrogens (tertiary/aromatic N) is 3. The van der Waals surface area contributed by atoms with E-state index in [0.29, 0.717) is 0 Å². The van der Waals surface area contributed by atoms with Crippen molar-refractivity contribution in [3.05, 3.63) is 12.4 Å². The van der Waals surface area contributed by atoms with E-state index in [2.05, 4.69) is 26.8 Å². The summed E-state index contributed by atoms with van der Waals surface area (Å²) in [6.07, 6.45) is 6.45. The number of anilines is 1. The molecular formula is C13H24N4O. The van der Waals surface area contributed by atoms with Gasteiger partial charge < -0.3 is 19.5 Å². The lowest BCUT2D eigenvalue weighted by atomic mass is 9.99. The van der Waals surface area contributed by atoms with Crippen molar-refractivity contribution in [3.63, 3.8) is 0 Å². The monoisotopic (exact) mass is 252 g/mol. The Kier molecular flexibility index (Phi) is 5.01. The molecule has 5 nitrogen and oxygen atoms in total. The van der Waals surface area contributed by atoms with Crippen molar-refractivity contribution in [1.29, 1.82) is 0 Å². The van der Waals surface area contributed by atoms with Gasteiger partial charge in [0.05, 0.1) is 6.61 Å². The Bertz CT molecular complexity index is 353. The molecule has 1 saturated heterocycles. The number of piperidine rings is 1. The molecule has 0 aliphatic carbocycles. The van der Waals surface area contributed by atoms with Crippen LogP contribution in [0.2, 0.25) is 0 Å². The second kappa shape index (κ2) is 6.75. The summed E-state index contributed by atoms with van der Waals surface area (Å²) >= 11 is 0. The number of ether oxygens (including phenoxy) is 1. The first-order chi connectivity index (χ1) is 8.79. The van der Waals surface area contributed by atoms with E-state index in [1.165, 1.54) is 25.9 Å². The molecule has 0 aromatic carbocycles. The topological polar surface area (TPSA) is 42.3 Å². The lowest BCUT2D eigenvalue weighted by Crippen LogP contribution is -2.35. The van der Waals surface area contributed by atoms with Crippen LogP contribution in [0.25, 0.3) is 0 Å². The van der Waals surface area contributed by atoms with Crippen molar-refractivity contribution in [3.8, 4) is 0 Å². The van der Waals surface area contributed by atoms with Crippen LogP contribution in [0.15, 0.2) is 12.4 Å².